The van der Waals surface area contributed by atoms with Crippen LogP contribution < -0.4 is 0 Å². The summed E-state index contributed by atoms with van der Waals surface area (Å²) in [5.74, 6) is 1.96. The van der Waals surface area contributed by atoms with Crippen LogP contribution in [0.3, 0.4) is 0 Å². The standard InChI is InChI=1S/C33H34ClN3O2/c34-29-5-1-4-28(19-29)25-8-6-23(7-9-25)24-10-12-26(13-11-24)30-35-33(16-17-33)32(39)37(30)21-22-3-2-18-36(20-22)31(38)27-14-15-27/h1,4-10,12,19,22,27H,2-3,11,13-18,20-21H2/t22-/m0/s1. The van der Waals surface area contributed by atoms with Crippen molar-refractivity contribution in [2.24, 2.45) is 16.8 Å². The Morgan fingerprint density at radius 3 is 2.38 bits per heavy atom. The summed E-state index contributed by atoms with van der Waals surface area (Å²) >= 11 is 6.18. The van der Waals surface area contributed by atoms with Crippen LogP contribution in [-0.4, -0.2) is 52.6 Å². The van der Waals surface area contributed by atoms with E-state index in [9.17, 15) is 9.59 Å². The highest BCUT2D eigenvalue weighted by atomic mass is 35.5. The van der Waals surface area contributed by atoms with Crippen molar-refractivity contribution in [2.45, 2.75) is 56.9 Å². The van der Waals surface area contributed by atoms with E-state index in [0.29, 0.717) is 18.4 Å². The van der Waals surface area contributed by atoms with Crippen LogP contribution in [0.5, 0.6) is 0 Å². The Morgan fingerprint density at radius 2 is 1.69 bits per heavy atom. The minimum atomic E-state index is -0.505. The van der Waals surface area contributed by atoms with Crippen molar-refractivity contribution in [3.05, 3.63) is 76.8 Å². The molecule has 1 spiro atoms. The third-order valence-electron chi connectivity index (χ3n) is 8.99. The fourth-order valence-electron chi connectivity index (χ4n) is 6.39. The zero-order valence-corrected chi connectivity index (χ0v) is 23.0. The van der Waals surface area contributed by atoms with E-state index in [1.165, 1.54) is 11.1 Å². The number of hydrogen-bond donors (Lipinski definition) is 0. The molecule has 2 amide bonds. The van der Waals surface area contributed by atoms with E-state index in [1.807, 2.05) is 23.1 Å². The van der Waals surface area contributed by atoms with Crippen molar-refractivity contribution in [1.82, 2.24) is 9.80 Å². The highest BCUT2D eigenvalue weighted by Gasteiger charge is 2.57. The van der Waals surface area contributed by atoms with Gasteiger partial charge in [0.25, 0.3) is 5.91 Å². The number of rotatable bonds is 6. The predicted octanol–water partition coefficient (Wildman–Crippen LogP) is 6.53. The minimum Gasteiger partial charge on any atom is -0.342 e. The first kappa shape index (κ1) is 24.8. The number of aliphatic imine (C=N–C) groups is 1. The largest absolute Gasteiger partial charge is 0.342 e. The topological polar surface area (TPSA) is 53.0 Å². The summed E-state index contributed by atoms with van der Waals surface area (Å²) in [5.41, 5.74) is 5.44. The van der Waals surface area contributed by atoms with Gasteiger partial charge in [0.15, 0.2) is 0 Å². The zero-order chi connectivity index (χ0) is 26.6. The molecule has 39 heavy (non-hydrogen) atoms. The molecule has 2 aromatic carbocycles. The van der Waals surface area contributed by atoms with Gasteiger partial charge in [-0.05, 0) is 97.3 Å². The molecule has 0 N–H and O–H groups in total. The number of nitrogens with zero attached hydrogens (tertiary/aromatic N) is 3. The lowest BCUT2D eigenvalue weighted by molar-refractivity contribution is -0.134. The lowest BCUT2D eigenvalue weighted by Crippen LogP contribution is -2.47. The number of likely N-dealkylation sites (tertiary alicyclic amines) is 1. The van der Waals surface area contributed by atoms with Crippen molar-refractivity contribution < 1.29 is 9.59 Å². The fraction of sp³-hybridized carbons (Fsp3) is 0.424. The van der Waals surface area contributed by atoms with Crippen LogP contribution in [0.4, 0.5) is 0 Å². The summed E-state index contributed by atoms with van der Waals surface area (Å²) in [6.07, 6.45) is 12.0. The van der Waals surface area contributed by atoms with Crippen molar-refractivity contribution in [2.75, 3.05) is 19.6 Å². The van der Waals surface area contributed by atoms with Gasteiger partial charge in [-0.25, -0.2) is 0 Å². The highest BCUT2D eigenvalue weighted by Crippen LogP contribution is 2.47. The van der Waals surface area contributed by atoms with Gasteiger partial charge < -0.3 is 4.90 Å². The molecule has 5 aliphatic rings. The Bertz CT molecular complexity index is 1410. The average molecular weight is 540 g/mol. The van der Waals surface area contributed by atoms with E-state index in [4.69, 9.17) is 16.6 Å². The van der Waals surface area contributed by atoms with E-state index in [1.54, 1.807) is 0 Å². The van der Waals surface area contributed by atoms with Crippen LogP contribution in [0, 0.1) is 11.8 Å². The van der Waals surface area contributed by atoms with Crippen LogP contribution in [0.25, 0.3) is 16.7 Å². The average Bonchev–Trinajstić information content (AvgIpc) is 3.90. The molecule has 2 aliphatic heterocycles. The number of halogens is 1. The van der Waals surface area contributed by atoms with Crippen LogP contribution in [0.15, 0.2) is 71.2 Å². The molecule has 3 aliphatic carbocycles. The molecule has 2 heterocycles. The quantitative estimate of drug-likeness (QED) is 0.419. The van der Waals surface area contributed by atoms with E-state index >= 15 is 0 Å². The summed E-state index contributed by atoms with van der Waals surface area (Å²) < 4.78 is 0. The molecule has 0 aromatic heterocycles. The maximum Gasteiger partial charge on any atom is 0.256 e. The van der Waals surface area contributed by atoms with Gasteiger partial charge in [-0.15, -0.1) is 0 Å². The lowest BCUT2D eigenvalue weighted by atomic mass is 9.91. The van der Waals surface area contributed by atoms with Gasteiger partial charge in [-0.2, -0.15) is 0 Å². The van der Waals surface area contributed by atoms with Gasteiger partial charge in [0.2, 0.25) is 5.91 Å². The molecule has 200 valence electrons. The maximum atomic E-state index is 13.5. The van der Waals surface area contributed by atoms with Gasteiger partial charge in [0.05, 0.1) is 0 Å². The van der Waals surface area contributed by atoms with Crippen molar-refractivity contribution >= 4 is 34.8 Å². The first-order valence-corrected chi connectivity index (χ1v) is 14.8. The summed E-state index contributed by atoms with van der Waals surface area (Å²) in [6, 6.07) is 16.6. The van der Waals surface area contributed by atoms with E-state index in [-0.39, 0.29) is 11.8 Å². The van der Waals surface area contributed by atoms with Crippen molar-refractivity contribution in [1.29, 1.82) is 0 Å². The Labute approximate surface area is 235 Å². The Balaban J connectivity index is 1.07. The lowest BCUT2D eigenvalue weighted by Gasteiger charge is -2.35. The molecule has 0 radical (unpaired) electrons. The first-order chi connectivity index (χ1) is 19.0. The van der Waals surface area contributed by atoms with Gasteiger partial charge in [0, 0.05) is 30.6 Å². The number of piperidine rings is 1. The number of amidine groups is 1. The van der Waals surface area contributed by atoms with Gasteiger partial charge in [0.1, 0.15) is 11.4 Å². The third-order valence-corrected chi connectivity index (χ3v) is 9.23. The molecule has 0 bridgehead atoms. The first-order valence-electron chi connectivity index (χ1n) is 14.5. The van der Waals surface area contributed by atoms with Crippen molar-refractivity contribution in [3.63, 3.8) is 0 Å². The molecule has 1 saturated heterocycles. The molecule has 0 unspecified atom stereocenters. The smallest absolute Gasteiger partial charge is 0.256 e. The van der Waals surface area contributed by atoms with E-state index < -0.39 is 5.54 Å². The number of amides is 2. The molecule has 5 nitrogen and oxygen atoms in total. The highest BCUT2D eigenvalue weighted by molar-refractivity contribution is 6.30. The minimum absolute atomic E-state index is 0.176. The van der Waals surface area contributed by atoms with Gasteiger partial charge in [-0.1, -0.05) is 60.2 Å². The maximum absolute atomic E-state index is 13.5. The number of hydrogen-bond acceptors (Lipinski definition) is 3. The molecule has 2 aromatic rings. The second-order valence-corrected chi connectivity index (χ2v) is 12.4. The predicted molar refractivity (Wildman–Crippen MR) is 155 cm³/mol. The van der Waals surface area contributed by atoms with E-state index in [0.717, 1.165) is 92.0 Å². The van der Waals surface area contributed by atoms with Crippen LogP contribution in [-0.2, 0) is 9.59 Å². The molecule has 2 saturated carbocycles. The summed E-state index contributed by atoms with van der Waals surface area (Å²) in [5, 5.41) is 0.743. The molecule has 6 heteroatoms. The van der Waals surface area contributed by atoms with E-state index in [2.05, 4.69) is 47.4 Å². The normalized spacial score (nSPS) is 24.0. The van der Waals surface area contributed by atoms with Crippen LogP contribution >= 0.6 is 11.6 Å². The molecule has 1 atom stereocenters. The van der Waals surface area contributed by atoms with Gasteiger partial charge in [-0.3, -0.25) is 19.5 Å². The zero-order valence-electron chi connectivity index (χ0n) is 22.2. The molecular weight excluding hydrogens is 506 g/mol. The summed E-state index contributed by atoms with van der Waals surface area (Å²) in [7, 11) is 0. The van der Waals surface area contributed by atoms with Crippen LogP contribution in [0.1, 0.15) is 56.9 Å². The molecule has 3 fully saturated rings. The molecular formula is C33H34ClN3O2. The summed E-state index contributed by atoms with van der Waals surface area (Å²) in [4.78, 5) is 35.2. The monoisotopic (exact) mass is 539 g/mol. The van der Waals surface area contributed by atoms with Gasteiger partial charge >= 0.3 is 0 Å². The number of carbonyl (C=O) groups is 2. The number of carbonyl (C=O) groups excluding carboxylic acids is 2. The third kappa shape index (κ3) is 4.86. The Morgan fingerprint density at radius 1 is 0.949 bits per heavy atom. The Kier molecular flexibility index (Phi) is 6.23. The SMILES string of the molecule is O=C(C1CC1)N1CCC[C@H](CN2C(=O)C3(CC3)N=C2C2=CC=C(c3ccc(-c4cccc(Cl)c4)cc3)CC2)C1. The van der Waals surface area contributed by atoms with Crippen molar-refractivity contribution in [3.8, 4) is 11.1 Å². The Hall–Kier alpha value is -3.18. The number of benzene rings is 2. The second kappa shape index (κ2) is 9.78. The summed E-state index contributed by atoms with van der Waals surface area (Å²) in [6.45, 7) is 2.31. The van der Waals surface area contributed by atoms with Crippen LogP contribution in [0.2, 0.25) is 5.02 Å². The second-order valence-electron chi connectivity index (χ2n) is 11.9. The number of allylic oxidation sites excluding steroid dienone is 3. The fourth-order valence-corrected chi connectivity index (χ4v) is 6.58. The molecule has 7 rings (SSSR count).